The third-order valence-electron chi connectivity index (χ3n) is 6.96. The zero-order valence-electron chi connectivity index (χ0n) is 25.0. The van der Waals surface area contributed by atoms with Crippen LogP contribution in [-0.2, 0) is 20.8 Å². The Bertz CT molecular complexity index is 1460. The third kappa shape index (κ3) is 9.99. The highest BCUT2D eigenvalue weighted by molar-refractivity contribution is 7.12. The molecule has 3 aromatic rings. The van der Waals surface area contributed by atoms with E-state index < -0.39 is 34.7 Å². The molecule has 0 aliphatic rings. The van der Waals surface area contributed by atoms with Crippen molar-refractivity contribution < 1.29 is 24.1 Å². The zero-order chi connectivity index (χ0) is 32.4. The maximum atomic E-state index is 13.7. The van der Waals surface area contributed by atoms with Crippen molar-refractivity contribution in [3.8, 4) is 0 Å². The van der Waals surface area contributed by atoms with Gasteiger partial charge in [-0.1, -0.05) is 75.7 Å². The standard InChI is InChI=1S/C32H37ClN4O6S/c1-19(2)15-22(17-27(38)29(20(3)4)36-32(41)28-11-8-14-44-28)30(39)35-26(16-21-9-6-5-7-10-21)31(40)34-25-13-12-23(37(42)43)18-24(25)33/h5-14,18-20,22,26,29H,15-17H2,1-4H3,(H,34,40)(H,35,39)(H,36,41)/t22-,26+,29+/m1/s1. The minimum absolute atomic E-state index is 0.0232. The average molecular weight is 641 g/mol. The number of rotatable bonds is 15. The Balaban J connectivity index is 1.81. The van der Waals surface area contributed by atoms with Gasteiger partial charge in [-0.25, -0.2) is 0 Å². The first-order chi connectivity index (χ1) is 20.8. The van der Waals surface area contributed by atoms with Crippen LogP contribution in [0.4, 0.5) is 11.4 Å². The van der Waals surface area contributed by atoms with Gasteiger partial charge in [-0.15, -0.1) is 11.3 Å². The monoisotopic (exact) mass is 640 g/mol. The average Bonchev–Trinajstić information content (AvgIpc) is 3.51. The minimum atomic E-state index is -1.04. The first-order valence-corrected chi connectivity index (χ1v) is 15.6. The third-order valence-corrected chi connectivity index (χ3v) is 8.14. The molecular formula is C32H37ClN4O6S. The molecule has 0 aliphatic heterocycles. The topological polar surface area (TPSA) is 148 Å². The molecule has 1 aromatic heterocycles. The number of nitro groups is 1. The Morgan fingerprint density at radius 2 is 1.64 bits per heavy atom. The van der Waals surface area contributed by atoms with E-state index in [4.69, 9.17) is 11.6 Å². The number of ketones is 1. The Morgan fingerprint density at radius 3 is 2.20 bits per heavy atom. The van der Waals surface area contributed by atoms with Crippen molar-refractivity contribution in [3.63, 3.8) is 0 Å². The van der Waals surface area contributed by atoms with Crippen LogP contribution in [0.15, 0.2) is 66.0 Å². The van der Waals surface area contributed by atoms with Gasteiger partial charge < -0.3 is 16.0 Å². The summed E-state index contributed by atoms with van der Waals surface area (Å²) in [6.45, 7) is 7.54. The molecule has 0 saturated heterocycles. The number of anilines is 1. The number of nitrogens with zero attached hydrogens (tertiary/aromatic N) is 1. The normalized spacial score (nSPS) is 13.2. The molecule has 12 heteroatoms. The molecule has 0 fully saturated rings. The second-order valence-electron chi connectivity index (χ2n) is 11.3. The number of amides is 3. The molecular weight excluding hydrogens is 604 g/mol. The van der Waals surface area contributed by atoms with Crippen molar-refractivity contribution in [2.45, 2.75) is 59.0 Å². The molecule has 1 heterocycles. The van der Waals surface area contributed by atoms with E-state index in [0.717, 1.165) is 11.6 Å². The summed E-state index contributed by atoms with van der Waals surface area (Å²) in [6.07, 6.45) is 0.414. The van der Waals surface area contributed by atoms with Crippen molar-refractivity contribution in [2.24, 2.45) is 17.8 Å². The summed E-state index contributed by atoms with van der Waals surface area (Å²) in [5.74, 6) is -2.56. The first-order valence-electron chi connectivity index (χ1n) is 14.3. The maximum Gasteiger partial charge on any atom is 0.271 e. The number of carbonyl (C=O) groups is 4. The van der Waals surface area contributed by atoms with Gasteiger partial charge in [0.25, 0.3) is 11.6 Å². The van der Waals surface area contributed by atoms with Crippen LogP contribution in [0.1, 0.15) is 55.8 Å². The lowest BCUT2D eigenvalue weighted by Crippen LogP contribution is -2.49. The van der Waals surface area contributed by atoms with Gasteiger partial charge in [-0.3, -0.25) is 29.3 Å². The summed E-state index contributed by atoms with van der Waals surface area (Å²) < 4.78 is 0. The SMILES string of the molecule is CC(C)C[C@H](CC(=O)[C@@H](NC(=O)c1cccs1)C(C)C)C(=O)N[C@@H](Cc1ccccc1)C(=O)Nc1ccc([N+](=O)[O-])cc1Cl. The van der Waals surface area contributed by atoms with E-state index in [1.807, 2.05) is 58.0 Å². The Morgan fingerprint density at radius 1 is 0.932 bits per heavy atom. The largest absolute Gasteiger partial charge is 0.344 e. The summed E-state index contributed by atoms with van der Waals surface area (Å²) in [5, 5.41) is 21.2. The molecule has 0 spiro atoms. The van der Waals surface area contributed by atoms with Gasteiger partial charge >= 0.3 is 0 Å². The fourth-order valence-corrected chi connectivity index (χ4v) is 5.60. The molecule has 2 aromatic carbocycles. The highest BCUT2D eigenvalue weighted by atomic mass is 35.5. The van der Waals surface area contributed by atoms with E-state index in [1.165, 1.54) is 23.5 Å². The van der Waals surface area contributed by atoms with Gasteiger partial charge in [-0.05, 0) is 41.3 Å². The van der Waals surface area contributed by atoms with Gasteiger partial charge in [0.1, 0.15) is 6.04 Å². The van der Waals surface area contributed by atoms with Crippen molar-refractivity contribution in [1.82, 2.24) is 10.6 Å². The number of non-ortho nitro benzene ring substituents is 1. The quantitative estimate of drug-likeness (QED) is 0.136. The van der Waals surface area contributed by atoms with Gasteiger partial charge in [0.15, 0.2) is 5.78 Å². The molecule has 3 amide bonds. The van der Waals surface area contributed by atoms with Gasteiger partial charge in [0.2, 0.25) is 11.8 Å². The van der Waals surface area contributed by atoms with E-state index in [0.29, 0.717) is 11.3 Å². The number of benzene rings is 2. The number of nitro benzene ring substituents is 1. The number of carbonyl (C=O) groups excluding carboxylic acids is 4. The van der Waals surface area contributed by atoms with Crippen molar-refractivity contribution in [2.75, 3.05) is 5.32 Å². The number of hydrogen-bond acceptors (Lipinski definition) is 7. The smallest absolute Gasteiger partial charge is 0.271 e. The number of Topliss-reactive ketones (excluding diaryl/α,β-unsaturated/α-hetero) is 1. The molecule has 3 rings (SSSR count). The second kappa shape index (κ2) is 16.1. The van der Waals surface area contributed by atoms with Crippen LogP contribution in [0.3, 0.4) is 0 Å². The first kappa shape index (κ1) is 34.4. The Kier molecular flexibility index (Phi) is 12.6. The molecule has 234 valence electrons. The van der Waals surface area contributed by atoms with Crippen LogP contribution in [-0.4, -0.2) is 40.5 Å². The van der Waals surface area contributed by atoms with Crippen LogP contribution in [0, 0.1) is 27.9 Å². The fourth-order valence-electron chi connectivity index (χ4n) is 4.75. The summed E-state index contributed by atoms with van der Waals surface area (Å²) in [6, 6.07) is 14.4. The van der Waals surface area contributed by atoms with Crippen molar-refractivity contribution >= 4 is 57.8 Å². The number of nitrogens with one attached hydrogen (secondary N) is 3. The van der Waals surface area contributed by atoms with Gasteiger partial charge in [-0.2, -0.15) is 0 Å². The number of halogens is 1. The minimum Gasteiger partial charge on any atom is -0.344 e. The number of hydrogen-bond donors (Lipinski definition) is 3. The summed E-state index contributed by atoms with van der Waals surface area (Å²) in [4.78, 5) is 64.4. The lowest BCUT2D eigenvalue weighted by Gasteiger charge is -2.26. The Hall–Kier alpha value is -4.09. The second-order valence-corrected chi connectivity index (χ2v) is 12.7. The van der Waals surface area contributed by atoms with E-state index in [9.17, 15) is 29.3 Å². The van der Waals surface area contributed by atoms with Gasteiger partial charge in [0.05, 0.1) is 26.6 Å². The van der Waals surface area contributed by atoms with E-state index in [1.54, 1.807) is 17.5 Å². The molecule has 0 bridgehead atoms. The molecule has 0 aliphatic carbocycles. The van der Waals surface area contributed by atoms with Crippen LogP contribution < -0.4 is 16.0 Å². The van der Waals surface area contributed by atoms with Crippen molar-refractivity contribution in [3.05, 3.63) is 91.6 Å². The van der Waals surface area contributed by atoms with Gasteiger partial charge in [0, 0.05) is 30.9 Å². The molecule has 44 heavy (non-hydrogen) atoms. The summed E-state index contributed by atoms with van der Waals surface area (Å²) in [5.41, 5.74) is 0.717. The van der Waals surface area contributed by atoms with E-state index >= 15 is 0 Å². The molecule has 0 radical (unpaired) electrons. The van der Waals surface area contributed by atoms with E-state index in [-0.39, 0.29) is 52.8 Å². The number of thiophene rings is 1. The van der Waals surface area contributed by atoms with E-state index in [2.05, 4.69) is 16.0 Å². The molecule has 0 unspecified atom stereocenters. The molecule has 10 nitrogen and oxygen atoms in total. The van der Waals surface area contributed by atoms with Crippen molar-refractivity contribution in [1.29, 1.82) is 0 Å². The zero-order valence-corrected chi connectivity index (χ0v) is 26.6. The fraction of sp³-hybridized carbons (Fsp3) is 0.375. The molecule has 3 atom stereocenters. The summed E-state index contributed by atoms with van der Waals surface area (Å²) >= 11 is 7.48. The Labute approximate surface area is 265 Å². The highest BCUT2D eigenvalue weighted by Gasteiger charge is 2.32. The lowest BCUT2D eigenvalue weighted by atomic mass is 9.87. The predicted octanol–water partition coefficient (Wildman–Crippen LogP) is 6.05. The van der Waals surface area contributed by atoms with Crippen LogP contribution in [0.25, 0.3) is 0 Å². The predicted molar refractivity (Wildman–Crippen MR) is 172 cm³/mol. The van der Waals surface area contributed by atoms with Crippen LogP contribution in [0.2, 0.25) is 5.02 Å². The maximum absolute atomic E-state index is 13.7. The van der Waals surface area contributed by atoms with Crippen LogP contribution in [0.5, 0.6) is 0 Å². The van der Waals surface area contributed by atoms with Crippen LogP contribution >= 0.6 is 22.9 Å². The molecule has 0 saturated carbocycles. The summed E-state index contributed by atoms with van der Waals surface area (Å²) in [7, 11) is 0. The lowest BCUT2D eigenvalue weighted by molar-refractivity contribution is -0.384. The molecule has 3 N–H and O–H groups in total. The highest BCUT2D eigenvalue weighted by Crippen LogP contribution is 2.27.